The van der Waals surface area contributed by atoms with Crippen LogP contribution in [0.15, 0.2) is 28.3 Å². The number of allylic oxidation sites excluding steroid dienone is 2. The van der Waals surface area contributed by atoms with E-state index in [-0.39, 0.29) is 35.3 Å². The van der Waals surface area contributed by atoms with Crippen molar-refractivity contribution in [1.29, 1.82) is 0 Å². The van der Waals surface area contributed by atoms with E-state index in [0.717, 1.165) is 0 Å². The average molecular weight is 363 g/mol. The minimum absolute atomic E-state index is 0. The van der Waals surface area contributed by atoms with Gasteiger partial charge in [0, 0.05) is 26.3 Å². The first-order valence-electron chi connectivity index (χ1n) is 7.09. The molecule has 0 aromatic rings. The van der Waals surface area contributed by atoms with Crippen LogP contribution in [0.1, 0.15) is 13.8 Å². The maximum Gasteiger partial charge on any atom is 0.257 e. The lowest BCUT2D eigenvalue weighted by atomic mass is 9.93. The highest BCUT2D eigenvalue weighted by Gasteiger charge is 2.32. The fourth-order valence-corrected chi connectivity index (χ4v) is 3.35. The number of amides is 1. The lowest BCUT2D eigenvalue weighted by Gasteiger charge is -2.33. The van der Waals surface area contributed by atoms with Gasteiger partial charge in [-0.2, -0.15) is 0 Å². The number of hydrogen-bond donors (Lipinski definition) is 1. The Hall–Kier alpha value is -1.38. The molecule has 0 atom stereocenters. The van der Waals surface area contributed by atoms with Crippen molar-refractivity contribution in [3.05, 3.63) is 23.9 Å². The van der Waals surface area contributed by atoms with Crippen LogP contribution in [-0.2, 0) is 14.8 Å². The number of nitrogens with zero attached hydrogens (tertiary/aromatic N) is 3. The SMILES string of the molecule is CN(CC(C)(C)CN)C(=O)C1=CC=CN2CCS(=O)(=O)N=C12.Cl. The summed E-state index contributed by atoms with van der Waals surface area (Å²) < 4.78 is 27.2. The summed E-state index contributed by atoms with van der Waals surface area (Å²) in [4.78, 5) is 15.9. The van der Waals surface area contributed by atoms with Crippen LogP contribution in [-0.4, -0.2) is 62.4 Å². The Morgan fingerprint density at radius 3 is 2.74 bits per heavy atom. The molecule has 0 aliphatic carbocycles. The molecule has 2 aliphatic rings. The fraction of sp³-hybridized carbons (Fsp3) is 0.571. The minimum atomic E-state index is -3.50. The molecule has 1 amide bonds. The van der Waals surface area contributed by atoms with Crippen LogP contribution in [0.2, 0.25) is 0 Å². The van der Waals surface area contributed by atoms with Crippen LogP contribution in [0.25, 0.3) is 0 Å². The highest BCUT2D eigenvalue weighted by molar-refractivity contribution is 7.90. The summed E-state index contributed by atoms with van der Waals surface area (Å²) in [5, 5.41) is 0. The first-order valence-corrected chi connectivity index (χ1v) is 8.70. The zero-order chi connectivity index (χ0) is 16.5. The Bertz CT molecular complexity index is 668. The molecule has 0 aromatic heterocycles. The molecule has 2 aliphatic heterocycles. The fourth-order valence-electron chi connectivity index (χ4n) is 2.37. The van der Waals surface area contributed by atoms with Crippen LogP contribution >= 0.6 is 12.4 Å². The number of rotatable bonds is 4. The molecule has 23 heavy (non-hydrogen) atoms. The van der Waals surface area contributed by atoms with E-state index in [1.807, 2.05) is 13.8 Å². The number of hydrogen-bond acceptors (Lipinski definition) is 5. The van der Waals surface area contributed by atoms with Gasteiger partial charge < -0.3 is 15.5 Å². The van der Waals surface area contributed by atoms with Gasteiger partial charge in [0.05, 0.1) is 11.3 Å². The Morgan fingerprint density at radius 1 is 1.48 bits per heavy atom. The Morgan fingerprint density at radius 2 is 2.13 bits per heavy atom. The second kappa shape index (κ2) is 7.02. The van der Waals surface area contributed by atoms with Crippen molar-refractivity contribution in [2.75, 3.05) is 32.4 Å². The summed E-state index contributed by atoms with van der Waals surface area (Å²) in [6.07, 6.45) is 5.06. The van der Waals surface area contributed by atoms with Gasteiger partial charge in [0.15, 0.2) is 5.84 Å². The van der Waals surface area contributed by atoms with E-state index in [9.17, 15) is 13.2 Å². The monoisotopic (exact) mass is 362 g/mol. The van der Waals surface area contributed by atoms with Gasteiger partial charge in [-0.1, -0.05) is 13.8 Å². The Balaban J connectivity index is 0.00000264. The smallest absolute Gasteiger partial charge is 0.257 e. The summed E-state index contributed by atoms with van der Waals surface area (Å²) in [6, 6.07) is 0. The molecule has 0 unspecified atom stereocenters. The van der Waals surface area contributed by atoms with Gasteiger partial charge in [0.1, 0.15) is 0 Å². The molecule has 2 rings (SSSR count). The molecular formula is C14H23ClN4O3S. The summed E-state index contributed by atoms with van der Waals surface area (Å²) in [6.45, 7) is 5.18. The quantitative estimate of drug-likeness (QED) is 0.778. The predicted molar refractivity (Wildman–Crippen MR) is 92.9 cm³/mol. The number of likely N-dealkylation sites (N-methyl/N-ethyl adjacent to an activating group) is 1. The van der Waals surface area contributed by atoms with Crippen molar-refractivity contribution in [3.8, 4) is 0 Å². The second-order valence-electron chi connectivity index (χ2n) is 6.35. The minimum Gasteiger partial charge on any atom is -0.341 e. The van der Waals surface area contributed by atoms with Crippen LogP contribution in [0.4, 0.5) is 0 Å². The maximum atomic E-state index is 12.6. The number of amidine groups is 1. The first-order chi connectivity index (χ1) is 10.2. The number of carbonyl (C=O) groups is 1. The van der Waals surface area contributed by atoms with Crippen molar-refractivity contribution in [1.82, 2.24) is 9.80 Å². The zero-order valence-electron chi connectivity index (χ0n) is 13.5. The molecule has 0 spiro atoms. The highest BCUT2D eigenvalue weighted by Crippen LogP contribution is 2.21. The summed E-state index contributed by atoms with van der Waals surface area (Å²) in [5.74, 6) is -0.0962. The topological polar surface area (TPSA) is 96.1 Å². The molecule has 2 heterocycles. The standard InChI is InChI=1S/C14H22N4O3S.ClH/c1-14(2,9-15)10-17(3)13(19)11-5-4-6-18-7-8-22(20,21)16-12(11)18;/h4-6H,7-10,15H2,1-3H3;1H. The van der Waals surface area contributed by atoms with Crippen LogP contribution in [0.5, 0.6) is 0 Å². The van der Waals surface area contributed by atoms with E-state index in [4.69, 9.17) is 5.73 Å². The van der Waals surface area contributed by atoms with E-state index in [1.54, 1.807) is 35.2 Å². The molecule has 0 bridgehead atoms. The molecule has 9 heteroatoms. The van der Waals surface area contributed by atoms with E-state index in [0.29, 0.717) is 25.2 Å². The van der Waals surface area contributed by atoms with Gasteiger partial charge in [-0.15, -0.1) is 16.8 Å². The van der Waals surface area contributed by atoms with Crippen molar-refractivity contribution in [3.63, 3.8) is 0 Å². The molecule has 0 saturated carbocycles. The van der Waals surface area contributed by atoms with Gasteiger partial charge in [-0.05, 0) is 24.1 Å². The van der Waals surface area contributed by atoms with E-state index in [2.05, 4.69) is 4.40 Å². The molecule has 0 fully saturated rings. The van der Waals surface area contributed by atoms with Crippen LogP contribution in [0.3, 0.4) is 0 Å². The summed E-state index contributed by atoms with van der Waals surface area (Å²) in [5.41, 5.74) is 5.78. The normalized spacial score (nSPS) is 19.2. The third-order valence-corrected chi connectivity index (χ3v) is 4.80. The van der Waals surface area contributed by atoms with E-state index < -0.39 is 10.0 Å². The lowest BCUT2D eigenvalue weighted by molar-refractivity contribution is -0.126. The van der Waals surface area contributed by atoms with Gasteiger partial charge in [0.25, 0.3) is 15.9 Å². The largest absolute Gasteiger partial charge is 0.341 e. The average Bonchev–Trinajstić information content (AvgIpc) is 2.44. The molecule has 7 nitrogen and oxygen atoms in total. The van der Waals surface area contributed by atoms with Gasteiger partial charge in [0.2, 0.25) is 0 Å². The second-order valence-corrected chi connectivity index (χ2v) is 8.10. The van der Waals surface area contributed by atoms with Gasteiger partial charge in [-0.3, -0.25) is 4.79 Å². The van der Waals surface area contributed by atoms with Crippen LogP contribution in [0, 0.1) is 5.41 Å². The number of carbonyl (C=O) groups excluding carboxylic acids is 1. The first kappa shape index (κ1) is 19.7. The van der Waals surface area contributed by atoms with Crippen molar-refractivity contribution >= 4 is 34.2 Å². The molecule has 0 aromatic carbocycles. The maximum absolute atomic E-state index is 12.6. The van der Waals surface area contributed by atoms with Crippen molar-refractivity contribution in [2.24, 2.45) is 15.5 Å². The molecule has 0 radical (unpaired) electrons. The van der Waals surface area contributed by atoms with Crippen LogP contribution < -0.4 is 5.73 Å². The Kier molecular flexibility index (Phi) is 6.00. The van der Waals surface area contributed by atoms with Gasteiger partial charge in [-0.25, -0.2) is 8.42 Å². The Labute approximate surface area is 143 Å². The van der Waals surface area contributed by atoms with E-state index >= 15 is 0 Å². The van der Waals surface area contributed by atoms with Crippen molar-refractivity contribution < 1.29 is 13.2 Å². The molecular weight excluding hydrogens is 340 g/mol. The van der Waals surface area contributed by atoms with Crippen molar-refractivity contribution in [2.45, 2.75) is 13.8 Å². The molecule has 130 valence electrons. The third kappa shape index (κ3) is 4.55. The molecule has 2 N–H and O–H groups in total. The summed E-state index contributed by atoms with van der Waals surface area (Å²) >= 11 is 0. The predicted octanol–water partition coefficient (Wildman–Crippen LogP) is 0.349. The summed E-state index contributed by atoms with van der Waals surface area (Å²) in [7, 11) is -1.82. The van der Waals surface area contributed by atoms with E-state index in [1.165, 1.54) is 0 Å². The molecule has 0 saturated heterocycles. The number of nitrogens with two attached hydrogens (primary N) is 1. The number of fused-ring (bicyclic) bond motifs is 1. The third-order valence-electron chi connectivity index (χ3n) is 3.65. The number of sulfonamides is 1. The highest BCUT2D eigenvalue weighted by atomic mass is 35.5. The lowest BCUT2D eigenvalue weighted by Crippen LogP contribution is -2.45. The van der Waals surface area contributed by atoms with Gasteiger partial charge >= 0.3 is 0 Å². The number of halogens is 1. The zero-order valence-corrected chi connectivity index (χ0v) is 15.2.